The van der Waals surface area contributed by atoms with Crippen LogP contribution < -0.4 is 16.4 Å². The molecule has 1 aromatic heterocycles. The van der Waals surface area contributed by atoms with E-state index >= 15 is 0 Å². The molecule has 1 amide bonds. The Morgan fingerprint density at radius 3 is 2.60 bits per heavy atom. The smallest absolute Gasteiger partial charge is 0.221 e. The minimum absolute atomic E-state index is 0.110. The highest BCUT2D eigenvalue weighted by Crippen LogP contribution is 2.19. The lowest BCUT2D eigenvalue weighted by Gasteiger charge is -2.08. The molecule has 0 bridgehead atoms. The summed E-state index contributed by atoms with van der Waals surface area (Å²) in [4.78, 5) is 15.6. The van der Waals surface area contributed by atoms with Gasteiger partial charge in [-0.15, -0.1) is 0 Å². The molecule has 1 heterocycles. The molecule has 0 aliphatic heterocycles. The number of carbonyl (C=O) groups excluding carboxylic acids is 1. The van der Waals surface area contributed by atoms with E-state index in [1.54, 1.807) is 18.3 Å². The molecule has 2 rings (SSSR count). The van der Waals surface area contributed by atoms with Gasteiger partial charge in [0.25, 0.3) is 0 Å². The number of benzene rings is 1. The van der Waals surface area contributed by atoms with Crippen molar-refractivity contribution in [2.24, 2.45) is 5.73 Å². The van der Waals surface area contributed by atoms with Crippen LogP contribution in [0.15, 0.2) is 42.6 Å². The molecule has 0 aliphatic carbocycles. The number of anilines is 3. The van der Waals surface area contributed by atoms with E-state index < -0.39 is 0 Å². The maximum Gasteiger partial charge on any atom is 0.221 e. The lowest BCUT2D eigenvalue weighted by atomic mass is 10.2. The lowest BCUT2D eigenvalue weighted by molar-refractivity contribution is -0.114. The van der Waals surface area contributed by atoms with E-state index in [9.17, 15) is 4.79 Å². The third-order valence-corrected chi connectivity index (χ3v) is 2.74. The minimum atomic E-state index is -0.110. The van der Waals surface area contributed by atoms with Gasteiger partial charge in [0.1, 0.15) is 10.8 Å². The Morgan fingerprint density at radius 1 is 1.25 bits per heavy atom. The van der Waals surface area contributed by atoms with Crippen LogP contribution in [0.2, 0.25) is 0 Å². The number of carbonyl (C=O) groups is 1. The van der Waals surface area contributed by atoms with Crippen molar-refractivity contribution in [2.75, 3.05) is 10.6 Å². The van der Waals surface area contributed by atoms with Crippen molar-refractivity contribution in [3.63, 3.8) is 0 Å². The van der Waals surface area contributed by atoms with Gasteiger partial charge in [-0.3, -0.25) is 4.79 Å². The van der Waals surface area contributed by atoms with E-state index in [4.69, 9.17) is 18.0 Å². The molecule has 6 heteroatoms. The second-order valence-corrected chi connectivity index (χ2v) is 4.62. The fraction of sp³-hybridized carbons (Fsp3) is 0.0714. The van der Waals surface area contributed by atoms with Crippen molar-refractivity contribution in [1.82, 2.24) is 4.98 Å². The molecular weight excluding hydrogens is 272 g/mol. The van der Waals surface area contributed by atoms with Gasteiger partial charge < -0.3 is 16.4 Å². The maximum atomic E-state index is 11.0. The first-order valence-corrected chi connectivity index (χ1v) is 6.36. The average Bonchev–Trinajstić information content (AvgIpc) is 2.39. The van der Waals surface area contributed by atoms with Gasteiger partial charge in [0, 0.05) is 30.1 Å². The summed E-state index contributed by atoms with van der Waals surface area (Å²) in [5, 5.41) is 5.86. The van der Waals surface area contributed by atoms with Crippen molar-refractivity contribution in [2.45, 2.75) is 6.92 Å². The highest BCUT2D eigenvalue weighted by molar-refractivity contribution is 7.80. The van der Waals surface area contributed by atoms with Gasteiger partial charge in [-0.1, -0.05) is 18.3 Å². The number of amides is 1. The number of nitrogens with one attached hydrogen (secondary N) is 2. The summed E-state index contributed by atoms with van der Waals surface area (Å²) in [7, 11) is 0. The topological polar surface area (TPSA) is 80.0 Å². The zero-order chi connectivity index (χ0) is 14.5. The van der Waals surface area contributed by atoms with Crippen LogP contribution in [0.3, 0.4) is 0 Å². The summed E-state index contributed by atoms with van der Waals surface area (Å²) >= 11 is 4.87. The molecule has 0 unspecified atom stereocenters. The van der Waals surface area contributed by atoms with Gasteiger partial charge in [0.05, 0.1) is 0 Å². The maximum absolute atomic E-state index is 11.0. The third-order valence-electron chi connectivity index (χ3n) is 2.50. The van der Waals surface area contributed by atoms with Gasteiger partial charge in [-0.25, -0.2) is 4.98 Å². The van der Waals surface area contributed by atoms with Gasteiger partial charge in [0.15, 0.2) is 0 Å². The number of thiocarbonyl (C=S) groups is 1. The SMILES string of the molecule is CC(=O)Nc1cccc(Nc2ccc(C(N)=S)cn2)c1. The quantitative estimate of drug-likeness (QED) is 0.752. The minimum Gasteiger partial charge on any atom is -0.389 e. The van der Waals surface area contributed by atoms with Crippen molar-refractivity contribution >= 4 is 40.3 Å². The molecule has 0 aliphatic rings. The standard InChI is InChI=1S/C14H14N4OS/c1-9(19)17-11-3-2-4-12(7-11)18-13-6-5-10(8-16-13)14(15)20/h2-8H,1H3,(H2,15,20)(H,16,18)(H,17,19). The van der Waals surface area contributed by atoms with Crippen LogP contribution in [0.5, 0.6) is 0 Å². The zero-order valence-corrected chi connectivity index (χ0v) is 11.7. The molecule has 5 nitrogen and oxygen atoms in total. The first kappa shape index (κ1) is 14.0. The number of rotatable bonds is 4. The number of nitrogens with zero attached hydrogens (tertiary/aromatic N) is 1. The summed E-state index contributed by atoms with van der Waals surface area (Å²) in [6.07, 6.45) is 1.61. The van der Waals surface area contributed by atoms with Crippen LogP contribution in [-0.4, -0.2) is 15.9 Å². The number of hydrogen-bond acceptors (Lipinski definition) is 4. The number of aromatic nitrogens is 1. The molecule has 0 atom stereocenters. The van der Waals surface area contributed by atoms with Crippen LogP contribution in [0.1, 0.15) is 12.5 Å². The Bertz CT molecular complexity index is 640. The predicted molar refractivity (Wildman–Crippen MR) is 84.2 cm³/mol. The number of pyridine rings is 1. The van der Waals surface area contributed by atoms with E-state index in [-0.39, 0.29) is 5.91 Å². The van der Waals surface area contributed by atoms with Crippen LogP contribution in [0.4, 0.5) is 17.2 Å². The molecule has 102 valence electrons. The van der Waals surface area contributed by atoms with E-state index in [1.807, 2.05) is 24.3 Å². The normalized spacial score (nSPS) is 9.85. The monoisotopic (exact) mass is 286 g/mol. The Kier molecular flexibility index (Phi) is 4.27. The van der Waals surface area contributed by atoms with E-state index in [1.165, 1.54) is 6.92 Å². The molecule has 0 saturated carbocycles. The van der Waals surface area contributed by atoms with E-state index in [2.05, 4.69) is 15.6 Å². The molecule has 0 radical (unpaired) electrons. The van der Waals surface area contributed by atoms with Gasteiger partial charge in [0.2, 0.25) is 5.91 Å². The van der Waals surface area contributed by atoms with Gasteiger partial charge >= 0.3 is 0 Å². The molecular formula is C14H14N4OS. The molecule has 1 aromatic carbocycles. The van der Waals surface area contributed by atoms with Crippen molar-refractivity contribution in [3.8, 4) is 0 Å². The fourth-order valence-corrected chi connectivity index (χ4v) is 1.76. The van der Waals surface area contributed by atoms with Crippen molar-refractivity contribution < 1.29 is 4.79 Å². The molecule has 20 heavy (non-hydrogen) atoms. The highest BCUT2D eigenvalue weighted by atomic mass is 32.1. The van der Waals surface area contributed by atoms with Crippen LogP contribution in [0, 0.1) is 0 Å². The fourth-order valence-electron chi connectivity index (χ4n) is 1.64. The van der Waals surface area contributed by atoms with Gasteiger partial charge in [-0.2, -0.15) is 0 Å². The zero-order valence-electron chi connectivity index (χ0n) is 10.9. The highest BCUT2D eigenvalue weighted by Gasteiger charge is 2.01. The third kappa shape index (κ3) is 3.76. The Hall–Kier alpha value is -2.47. The molecule has 4 N–H and O–H groups in total. The second kappa shape index (κ2) is 6.12. The predicted octanol–water partition coefficient (Wildman–Crippen LogP) is 2.42. The Labute approximate surface area is 122 Å². The Morgan fingerprint density at radius 2 is 2.00 bits per heavy atom. The first-order chi connectivity index (χ1) is 9.54. The second-order valence-electron chi connectivity index (χ2n) is 4.18. The number of nitrogens with two attached hydrogens (primary N) is 1. The summed E-state index contributed by atoms with van der Waals surface area (Å²) in [6.45, 7) is 1.47. The summed E-state index contributed by atoms with van der Waals surface area (Å²) in [5.41, 5.74) is 7.78. The molecule has 0 saturated heterocycles. The van der Waals surface area contributed by atoms with E-state index in [0.717, 1.165) is 16.9 Å². The van der Waals surface area contributed by atoms with Crippen molar-refractivity contribution in [3.05, 3.63) is 48.2 Å². The average molecular weight is 286 g/mol. The first-order valence-electron chi connectivity index (χ1n) is 5.95. The van der Waals surface area contributed by atoms with E-state index in [0.29, 0.717) is 10.8 Å². The Balaban J connectivity index is 2.13. The van der Waals surface area contributed by atoms with Crippen LogP contribution in [-0.2, 0) is 4.79 Å². The molecule has 2 aromatic rings. The van der Waals surface area contributed by atoms with Crippen LogP contribution in [0.25, 0.3) is 0 Å². The number of hydrogen-bond donors (Lipinski definition) is 3. The molecule has 0 spiro atoms. The van der Waals surface area contributed by atoms with Crippen molar-refractivity contribution in [1.29, 1.82) is 0 Å². The largest absolute Gasteiger partial charge is 0.389 e. The summed E-state index contributed by atoms with van der Waals surface area (Å²) in [5.74, 6) is 0.561. The molecule has 0 fully saturated rings. The lowest BCUT2D eigenvalue weighted by Crippen LogP contribution is -2.09. The summed E-state index contributed by atoms with van der Waals surface area (Å²) in [6, 6.07) is 11.0. The van der Waals surface area contributed by atoms with Gasteiger partial charge in [-0.05, 0) is 30.3 Å². The summed E-state index contributed by atoms with van der Waals surface area (Å²) < 4.78 is 0. The van der Waals surface area contributed by atoms with Crippen LogP contribution >= 0.6 is 12.2 Å².